The molecule has 3 rings (SSSR count). The number of piperidine rings is 1. The number of aliphatic imine (C=N–C) groups is 1. The number of hydrogen-bond acceptors (Lipinski definition) is 8. The van der Waals surface area contributed by atoms with E-state index in [0.29, 0.717) is 32.5 Å². The molecule has 0 unspecified atom stereocenters. The molecule has 0 aromatic heterocycles. The van der Waals surface area contributed by atoms with E-state index in [1.54, 1.807) is 35.2 Å². The van der Waals surface area contributed by atoms with E-state index in [2.05, 4.69) is 26.3 Å². The predicted octanol–water partition coefficient (Wildman–Crippen LogP) is -0.174. The molecule has 1 aromatic carbocycles. The van der Waals surface area contributed by atoms with Gasteiger partial charge in [0.15, 0.2) is 5.96 Å². The molecule has 12 nitrogen and oxygen atoms in total. The van der Waals surface area contributed by atoms with Crippen LogP contribution < -0.4 is 21.3 Å². The lowest BCUT2D eigenvalue weighted by Gasteiger charge is -2.30. The first kappa shape index (κ1) is 26.5. The summed E-state index contributed by atoms with van der Waals surface area (Å²) in [6.07, 6.45) is 3.28. The van der Waals surface area contributed by atoms with Crippen LogP contribution in [0.15, 0.2) is 47.5 Å². The number of carbonyl (C=O) groups excluding carboxylic acids is 3. The minimum Gasteiger partial charge on any atom is -0.480 e. The highest BCUT2D eigenvalue weighted by molar-refractivity contribution is 5.88. The number of nitrogens with one attached hydrogen (secondary N) is 4. The van der Waals surface area contributed by atoms with Crippen molar-refractivity contribution in [3.05, 3.63) is 48.0 Å². The number of likely N-dealkylation sites (tertiary alicyclic amines) is 1. The molecule has 0 spiro atoms. The summed E-state index contributed by atoms with van der Waals surface area (Å²) in [6.45, 7) is 2.61. The molecule has 0 saturated carbocycles. The van der Waals surface area contributed by atoms with Crippen LogP contribution in [0.5, 0.6) is 0 Å². The van der Waals surface area contributed by atoms with Gasteiger partial charge < -0.3 is 36.0 Å². The van der Waals surface area contributed by atoms with Crippen LogP contribution in [-0.2, 0) is 25.7 Å². The molecule has 5 N–H and O–H groups in total. The lowest BCUT2D eigenvalue weighted by Crippen LogP contribution is -2.50. The van der Waals surface area contributed by atoms with Gasteiger partial charge in [-0.25, -0.2) is 9.59 Å². The smallest absolute Gasteiger partial charge is 0.408 e. The molecular weight excluding hydrogens is 468 g/mol. The second-order valence-electron chi connectivity index (χ2n) is 8.38. The third kappa shape index (κ3) is 8.60. The van der Waals surface area contributed by atoms with E-state index in [-0.39, 0.29) is 30.9 Å². The number of carboxylic acid groups (broad SMARTS) is 1. The molecule has 12 heteroatoms. The highest BCUT2D eigenvalue weighted by atomic mass is 16.5. The molecule has 1 aromatic rings. The van der Waals surface area contributed by atoms with Crippen LogP contribution in [0.25, 0.3) is 0 Å². The molecular formula is C24H32N6O6. The molecule has 0 radical (unpaired) electrons. The lowest BCUT2D eigenvalue weighted by molar-refractivity contribution is -0.139. The first-order valence-corrected chi connectivity index (χ1v) is 11.9. The Labute approximate surface area is 209 Å². The largest absolute Gasteiger partial charge is 0.480 e. The number of nitrogens with zero attached hydrogens (tertiary/aromatic N) is 2. The van der Waals surface area contributed by atoms with Crippen LogP contribution in [0.3, 0.4) is 0 Å². The minimum absolute atomic E-state index is 0.000860. The number of carboxylic acids is 1. The van der Waals surface area contributed by atoms with Crippen LogP contribution in [0.4, 0.5) is 4.79 Å². The van der Waals surface area contributed by atoms with Gasteiger partial charge in [0.05, 0.1) is 6.54 Å². The molecule has 0 aliphatic carbocycles. The van der Waals surface area contributed by atoms with Crippen LogP contribution in [-0.4, -0.2) is 85.2 Å². The lowest BCUT2D eigenvalue weighted by atomic mass is 9.95. The zero-order valence-electron chi connectivity index (χ0n) is 19.9. The number of ether oxygens (including phenoxy) is 1. The van der Waals surface area contributed by atoms with Gasteiger partial charge in [0.1, 0.15) is 12.6 Å². The maximum Gasteiger partial charge on any atom is 0.408 e. The van der Waals surface area contributed by atoms with E-state index in [1.807, 2.05) is 6.07 Å². The number of hydrogen-bond donors (Lipinski definition) is 5. The first-order valence-electron chi connectivity index (χ1n) is 11.9. The minimum atomic E-state index is -1.33. The van der Waals surface area contributed by atoms with E-state index >= 15 is 0 Å². The van der Waals surface area contributed by atoms with Crippen molar-refractivity contribution in [1.82, 2.24) is 26.2 Å². The number of amides is 3. The number of carbonyl (C=O) groups is 4. The van der Waals surface area contributed by atoms with Gasteiger partial charge in [-0.1, -0.05) is 36.4 Å². The van der Waals surface area contributed by atoms with Crippen molar-refractivity contribution in [3.63, 3.8) is 0 Å². The number of guanidine groups is 1. The molecule has 194 valence electrons. The van der Waals surface area contributed by atoms with E-state index in [1.165, 1.54) is 6.08 Å². The second kappa shape index (κ2) is 13.7. The van der Waals surface area contributed by atoms with Crippen LogP contribution in [0.1, 0.15) is 18.4 Å². The van der Waals surface area contributed by atoms with Crippen molar-refractivity contribution in [3.8, 4) is 0 Å². The standard InChI is InChI=1S/C24H32N6O6/c31-20(7-4-10-25-23-26-11-12-27-23)30-13-8-18(9-14-30)21(32)28-15-19(22(33)34)29-24(35)36-16-17-5-2-1-3-6-17/h1-7,18-19H,8-16H2,(H,28,32)(H,29,35)(H,33,34)(H2,25,26,27)/t19-/m0/s1. The summed E-state index contributed by atoms with van der Waals surface area (Å²) < 4.78 is 5.05. The Morgan fingerprint density at radius 3 is 2.61 bits per heavy atom. The fourth-order valence-electron chi connectivity index (χ4n) is 3.75. The SMILES string of the molecule is O=C(N[C@@H](CNC(=O)C1CCN(C(=O)C=CCNC2=NCCN2)CC1)C(=O)O)OCc1ccccc1. The Morgan fingerprint density at radius 2 is 1.94 bits per heavy atom. The quantitative estimate of drug-likeness (QED) is 0.277. The molecule has 1 saturated heterocycles. The number of benzene rings is 1. The Balaban J connectivity index is 1.34. The maximum atomic E-state index is 12.5. The summed E-state index contributed by atoms with van der Waals surface area (Å²) in [5.41, 5.74) is 0.765. The maximum absolute atomic E-state index is 12.5. The van der Waals surface area contributed by atoms with Crippen molar-refractivity contribution in [2.75, 3.05) is 39.3 Å². The van der Waals surface area contributed by atoms with Crippen molar-refractivity contribution in [1.29, 1.82) is 0 Å². The van der Waals surface area contributed by atoms with Crippen molar-refractivity contribution in [2.45, 2.75) is 25.5 Å². The van der Waals surface area contributed by atoms with Gasteiger partial charge in [0, 0.05) is 44.7 Å². The van der Waals surface area contributed by atoms with E-state index in [4.69, 9.17) is 4.74 Å². The second-order valence-corrected chi connectivity index (χ2v) is 8.38. The van der Waals surface area contributed by atoms with E-state index in [0.717, 1.165) is 24.6 Å². The van der Waals surface area contributed by atoms with Crippen molar-refractivity contribution in [2.24, 2.45) is 10.9 Å². The van der Waals surface area contributed by atoms with Gasteiger partial charge in [0.2, 0.25) is 11.8 Å². The van der Waals surface area contributed by atoms with E-state index < -0.39 is 18.1 Å². The molecule has 0 bridgehead atoms. The van der Waals surface area contributed by atoms with Gasteiger partial charge in [0.25, 0.3) is 0 Å². The van der Waals surface area contributed by atoms with Crippen LogP contribution >= 0.6 is 0 Å². The molecule has 36 heavy (non-hydrogen) atoms. The van der Waals surface area contributed by atoms with Gasteiger partial charge >= 0.3 is 12.1 Å². The average Bonchev–Trinajstić information content (AvgIpc) is 3.41. The summed E-state index contributed by atoms with van der Waals surface area (Å²) in [6, 6.07) is 7.65. The molecule has 3 amide bonds. The van der Waals surface area contributed by atoms with Crippen molar-refractivity contribution >= 4 is 29.8 Å². The number of rotatable bonds is 10. The zero-order chi connectivity index (χ0) is 25.8. The van der Waals surface area contributed by atoms with Gasteiger partial charge in [-0.3, -0.25) is 14.6 Å². The molecule has 2 heterocycles. The number of aliphatic carboxylic acids is 1. The van der Waals surface area contributed by atoms with Crippen LogP contribution in [0.2, 0.25) is 0 Å². The fourth-order valence-corrected chi connectivity index (χ4v) is 3.75. The Kier molecular flexibility index (Phi) is 10.1. The van der Waals surface area contributed by atoms with Gasteiger partial charge in [-0.15, -0.1) is 0 Å². The topological polar surface area (TPSA) is 161 Å². The third-order valence-corrected chi connectivity index (χ3v) is 5.78. The number of alkyl carbamates (subject to hydrolysis) is 1. The Hall–Kier alpha value is -4.09. The highest BCUT2D eigenvalue weighted by Gasteiger charge is 2.28. The van der Waals surface area contributed by atoms with Gasteiger partial charge in [-0.2, -0.15) is 0 Å². The summed E-state index contributed by atoms with van der Waals surface area (Å²) in [5.74, 6) is -1.34. The molecule has 2 aliphatic rings. The molecule has 2 aliphatic heterocycles. The predicted molar refractivity (Wildman–Crippen MR) is 131 cm³/mol. The molecule has 1 atom stereocenters. The van der Waals surface area contributed by atoms with E-state index in [9.17, 15) is 24.3 Å². The first-order chi connectivity index (χ1) is 17.4. The zero-order valence-corrected chi connectivity index (χ0v) is 19.9. The average molecular weight is 501 g/mol. The summed E-state index contributed by atoms with van der Waals surface area (Å²) in [5, 5.41) is 20.4. The summed E-state index contributed by atoms with van der Waals surface area (Å²) >= 11 is 0. The monoisotopic (exact) mass is 500 g/mol. The fraction of sp³-hybridized carbons (Fsp3) is 0.458. The van der Waals surface area contributed by atoms with Gasteiger partial charge in [-0.05, 0) is 18.4 Å². The third-order valence-electron chi connectivity index (χ3n) is 5.78. The van der Waals surface area contributed by atoms with Crippen molar-refractivity contribution < 1.29 is 29.0 Å². The summed E-state index contributed by atoms with van der Waals surface area (Å²) in [7, 11) is 0. The Morgan fingerprint density at radius 1 is 1.19 bits per heavy atom. The summed E-state index contributed by atoms with van der Waals surface area (Å²) in [4.78, 5) is 54.3. The highest BCUT2D eigenvalue weighted by Crippen LogP contribution is 2.17. The van der Waals surface area contributed by atoms with Crippen LogP contribution in [0, 0.1) is 5.92 Å². The Bertz CT molecular complexity index is 975. The normalized spacial score (nSPS) is 16.6. The molecule has 1 fully saturated rings.